The Morgan fingerprint density at radius 1 is 1.21 bits per heavy atom. The van der Waals surface area contributed by atoms with Crippen molar-refractivity contribution in [1.82, 2.24) is 9.55 Å². The zero-order chi connectivity index (χ0) is 13.6. The summed E-state index contributed by atoms with van der Waals surface area (Å²) in [5.74, 6) is -0.263. The van der Waals surface area contributed by atoms with Gasteiger partial charge in [-0.3, -0.25) is 4.57 Å². The summed E-state index contributed by atoms with van der Waals surface area (Å²) < 4.78 is 16.9. The molecular weight excluding hydrogens is 327 g/mol. The number of fused-ring (bicyclic) bond motifs is 1. The maximum absolute atomic E-state index is 13.6. The molecule has 1 aromatic heterocycles. The van der Waals surface area contributed by atoms with Crippen LogP contribution in [0.5, 0.6) is 0 Å². The smallest absolute Gasteiger partial charge is 0.182 e. The molecule has 0 saturated heterocycles. The summed E-state index contributed by atoms with van der Waals surface area (Å²) in [6.07, 6.45) is 0. The van der Waals surface area contributed by atoms with E-state index in [-0.39, 0.29) is 5.82 Å². The van der Waals surface area contributed by atoms with Crippen LogP contribution in [0.15, 0.2) is 40.9 Å². The van der Waals surface area contributed by atoms with Crippen molar-refractivity contribution in [3.8, 4) is 5.69 Å². The lowest BCUT2D eigenvalue weighted by Gasteiger charge is -2.06. The molecule has 0 spiro atoms. The first-order chi connectivity index (χ1) is 9.04. The number of aromatic nitrogens is 2. The summed E-state index contributed by atoms with van der Waals surface area (Å²) in [7, 11) is 0. The van der Waals surface area contributed by atoms with Gasteiger partial charge < -0.3 is 4.98 Å². The molecule has 1 N–H and O–H groups in total. The van der Waals surface area contributed by atoms with Gasteiger partial charge in [0.25, 0.3) is 0 Å². The fourth-order valence-corrected chi connectivity index (χ4v) is 2.84. The van der Waals surface area contributed by atoms with Gasteiger partial charge in [0.05, 0.1) is 16.7 Å². The number of rotatable bonds is 1. The Bertz CT molecular complexity index is 815. The van der Waals surface area contributed by atoms with E-state index in [9.17, 15) is 4.39 Å². The fourth-order valence-electron chi connectivity index (χ4n) is 2.18. The maximum atomic E-state index is 13.6. The largest absolute Gasteiger partial charge is 0.330 e. The fraction of sp³-hybridized carbons (Fsp3) is 0.0714. The average Bonchev–Trinajstić information content (AvgIpc) is 2.63. The van der Waals surface area contributed by atoms with Crippen LogP contribution in [0.1, 0.15) is 5.56 Å². The highest BCUT2D eigenvalue weighted by Gasteiger charge is 2.08. The van der Waals surface area contributed by atoms with Gasteiger partial charge in [-0.15, -0.1) is 0 Å². The number of hydrogen-bond donors (Lipinski definition) is 1. The summed E-state index contributed by atoms with van der Waals surface area (Å²) in [5, 5.41) is 0. The first-order valence-corrected chi connectivity index (χ1v) is 6.92. The van der Waals surface area contributed by atoms with E-state index in [0.29, 0.717) is 4.77 Å². The Balaban J connectivity index is 2.38. The van der Waals surface area contributed by atoms with Gasteiger partial charge in [0, 0.05) is 4.47 Å². The topological polar surface area (TPSA) is 20.7 Å². The molecule has 5 heteroatoms. The highest BCUT2D eigenvalue weighted by atomic mass is 79.9. The number of aryl methyl sites for hydroxylation is 1. The molecule has 19 heavy (non-hydrogen) atoms. The Hall–Kier alpha value is -1.46. The molecule has 96 valence electrons. The molecule has 2 aromatic carbocycles. The molecule has 1 heterocycles. The molecule has 3 aromatic rings. The van der Waals surface area contributed by atoms with Gasteiger partial charge in [0.1, 0.15) is 5.82 Å². The molecule has 0 bridgehead atoms. The van der Waals surface area contributed by atoms with Gasteiger partial charge in [-0.05, 0) is 61.1 Å². The SMILES string of the molecule is Cc1cc(F)cc(-n2c(=S)[nH]c3ccc(Br)cc32)c1. The number of halogens is 2. The molecular formula is C14H10BrFN2S. The summed E-state index contributed by atoms with van der Waals surface area (Å²) >= 11 is 8.78. The van der Waals surface area contributed by atoms with Crippen LogP contribution < -0.4 is 0 Å². The number of nitrogens with zero attached hydrogens (tertiary/aromatic N) is 1. The summed E-state index contributed by atoms with van der Waals surface area (Å²) in [6, 6.07) is 10.7. The minimum absolute atomic E-state index is 0.263. The molecule has 0 radical (unpaired) electrons. The number of benzene rings is 2. The second-order valence-electron chi connectivity index (χ2n) is 4.41. The molecule has 0 atom stereocenters. The van der Waals surface area contributed by atoms with Gasteiger partial charge in [-0.1, -0.05) is 15.9 Å². The third-order valence-electron chi connectivity index (χ3n) is 2.93. The highest BCUT2D eigenvalue weighted by Crippen LogP contribution is 2.24. The van der Waals surface area contributed by atoms with Crippen molar-refractivity contribution in [2.45, 2.75) is 6.92 Å². The lowest BCUT2D eigenvalue weighted by Crippen LogP contribution is -1.95. The number of imidazole rings is 1. The van der Waals surface area contributed by atoms with Crippen molar-refractivity contribution in [1.29, 1.82) is 0 Å². The molecule has 0 aliphatic heterocycles. The summed E-state index contributed by atoms with van der Waals surface area (Å²) in [4.78, 5) is 3.13. The molecule has 0 saturated carbocycles. The van der Waals surface area contributed by atoms with E-state index in [0.717, 1.165) is 26.8 Å². The minimum atomic E-state index is -0.263. The van der Waals surface area contributed by atoms with Crippen LogP contribution in [0, 0.1) is 17.5 Å². The van der Waals surface area contributed by atoms with Crippen molar-refractivity contribution in [2.75, 3.05) is 0 Å². The minimum Gasteiger partial charge on any atom is -0.330 e. The number of nitrogens with one attached hydrogen (secondary N) is 1. The van der Waals surface area contributed by atoms with Crippen LogP contribution in [-0.2, 0) is 0 Å². The third-order valence-corrected chi connectivity index (χ3v) is 3.71. The predicted molar refractivity (Wildman–Crippen MR) is 80.9 cm³/mol. The molecule has 0 aliphatic carbocycles. The maximum Gasteiger partial charge on any atom is 0.182 e. The molecule has 3 rings (SSSR count). The zero-order valence-corrected chi connectivity index (χ0v) is 12.5. The highest BCUT2D eigenvalue weighted by molar-refractivity contribution is 9.10. The van der Waals surface area contributed by atoms with Crippen molar-refractivity contribution in [3.05, 3.63) is 57.0 Å². The van der Waals surface area contributed by atoms with Crippen LogP contribution in [0.4, 0.5) is 4.39 Å². The lowest BCUT2D eigenvalue weighted by atomic mass is 10.2. The van der Waals surface area contributed by atoms with Gasteiger partial charge in [0.15, 0.2) is 4.77 Å². The van der Waals surface area contributed by atoms with E-state index in [2.05, 4.69) is 20.9 Å². The van der Waals surface area contributed by atoms with Gasteiger partial charge >= 0.3 is 0 Å². The van der Waals surface area contributed by atoms with Crippen LogP contribution in [0.2, 0.25) is 0 Å². The van der Waals surface area contributed by atoms with Crippen molar-refractivity contribution >= 4 is 39.2 Å². The quantitative estimate of drug-likeness (QED) is 0.627. The Morgan fingerprint density at radius 3 is 2.74 bits per heavy atom. The monoisotopic (exact) mass is 336 g/mol. The van der Waals surface area contributed by atoms with Crippen LogP contribution in [-0.4, -0.2) is 9.55 Å². The molecule has 0 amide bonds. The average molecular weight is 337 g/mol. The molecule has 2 nitrogen and oxygen atoms in total. The predicted octanol–water partition coefficient (Wildman–Crippen LogP) is 4.90. The third kappa shape index (κ3) is 2.24. The summed E-state index contributed by atoms with van der Waals surface area (Å²) in [5.41, 5.74) is 3.44. The first kappa shape index (κ1) is 12.6. The standard InChI is InChI=1S/C14H10BrFN2S/c1-8-4-10(16)7-11(5-8)18-13-6-9(15)2-3-12(13)17-14(18)19/h2-7H,1H3,(H,17,19). The van der Waals surface area contributed by atoms with Crippen LogP contribution in [0.3, 0.4) is 0 Å². The lowest BCUT2D eigenvalue weighted by molar-refractivity contribution is 0.625. The number of hydrogen-bond acceptors (Lipinski definition) is 1. The Morgan fingerprint density at radius 2 is 2.00 bits per heavy atom. The van der Waals surface area contributed by atoms with E-state index in [1.54, 1.807) is 0 Å². The second-order valence-corrected chi connectivity index (χ2v) is 5.72. The van der Waals surface area contributed by atoms with Crippen molar-refractivity contribution in [2.24, 2.45) is 0 Å². The van der Waals surface area contributed by atoms with Crippen molar-refractivity contribution < 1.29 is 4.39 Å². The van der Waals surface area contributed by atoms with E-state index < -0.39 is 0 Å². The van der Waals surface area contributed by atoms with E-state index >= 15 is 0 Å². The molecule has 0 aliphatic rings. The van der Waals surface area contributed by atoms with Crippen molar-refractivity contribution in [3.63, 3.8) is 0 Å². The van der Waals surface area contributed by atoms with Gasteiger partial charge in [-0.2, -0.15) is 0 Å². The first-order valence-electron chi connectivity index (χ1n) is 5.72. The molecule has 0 fully saturated rings. The van der Waals surface area contributed by atoms with E-state index in [1.165, 1.54) is 12.1 Å². The van der Waals surface area contributed by atoms with E-state index in [4.69, 9.17) is 12.2 Å². The van der Waals surface area contributed by atoms with E-state index in [1.807, 2.05) is 35.8 Å². The molecule has 0 unspecified atom stereocenters. The second kappa shape index (κ2) is 4.58. The number of H-pyrrole nitrogens is 1. The Labute approximate surface area is 123 Å². The normalized spacial score (nSPS) is 11.1. The van der Waals surface area contributed by atoms with Gasteiger partial charge in [0.2, 0.25) is 0 Å². The Kier molecular flexibility index (Phi) is 3.03. The van der Waals surface area contributed by atoms with Crippen LogP contribution >= 0.6 is 28.1 Å². The number of aromatic amines is 1. The summed E-state index contributed by atoms with van der Waals surface area (Å²) in [6.45, 7) is 1.86. The zero-order valence-electron chi connectivity index (χ0n) is 10.1. The van der Waals surface area contributed by atoms with Crippen LogP contribution in [0.25, 0.3) is 16.7 Å². The van der Waals surface area contributed by atoms with Gasteiger partial charge in [-0.25, -0.2) is 4.39 Å².